The molecular formula is C24H16SSi. The van der Waals surface area contributed by atoms with Crippen molar-refractivity contribution >= 4 is 40.6 Å². The molecule has 0 saturated carbocycles. The molecule has 2 heteroatoms. The molecule has 0 radical (unpaired) electrons. The minimum Gasteiger partial charge on any atom is -0.0903 e. The van der Waals surface area contributed by atoms with Crippen LogP contribution in [0.2, 0.25) is 0 Å². The monoisotopic (exact) mass is 365 g/mol. The van der Waals surface area contributed by atoms with Gasteiger partial charge in [-0.3, -0.25) is 0 Å². The van der Waals surface area contributed by atoms with Gasteiger partial charge in [-0.15, -0.1) is 0 Å². The zero-order valence-electron chi connectivity index (χ0n) is 15.1. The second kappa shape index (κ2) is 5.23. The number of hydrogen-bond donors (Lipinski definition) is 0. The summed E-state index contributed by atoms with van der Waals surface area (Å²) in [5.41, 5.74) is 2.39. The Morgan fingerprint density at radius 1 is 0.538 bits per heavy atom. The van der Waals surface area contributed by atoms with Crippen molar-refractivity contribution < 1.29 is 1.37 Å². The van der Waals surface area contributed by atoms with E-state index < -0.39 is 8.07 Å². The molecule has 26 heavy (non-hydrogen) atoms. The van der Waals surface area contributed by atoms with Crippen LogP contribution in [0.5, 0.6) is 0 Å². The maximum absolute atomic E-state index is 8.67. The second-order valence-electron chi connectivity index (χ2n) is 6.85. The molecule has 0 nitrogen and oxygen atoms in total. The van der Waals surface area contributed by atoms with Gasteiger partial charge in [0.1, 0.15) is 0 Å². The zero-order chi connectivity index (χ0) is 18.0. The Bertz CT molecular complexity index is 1180. The van der Waals surface area contributed by atoms with Gasteiger partial charge in [-0.2, -0.15) is 0 Å². The van der Waals surface area contributed by atoms with Crippen LogP contribution in [0.15, 0.2) is 107 Å². The first-order valence-corrected chi connectivity index (χ1v) is 11.7. The van der Waals surface area contributed by atoms with Crippen molar-refractivity contribution in [2.24, 2.45) is 0 Å². The number of benzene rings is 4. The maximum Gasteiger partial charge on any atom is 0.183 e. The van der Waals surface area contributed by atoms with Gasteiger partial charge in [-0.25, -0.2) is 0 Å². The molecule has 2 heterocycles. The van der Waals surface area contributed by atoms with E-state index in [4.69, 9.17) is 1.37 Å². The standard InChI is InChI=1S/C24H16SSi/c1-5-13-21-17(9-1)18-10-2-6-14-22(18)26(21)23-15-7-3-11-19(23)25-20-12-4-8-16-24(20)26/h1-16H/i9D. The fraction of sp³-hybridized carbons (Fsp3) is 0. The smallest absolute Gasteiger partial charge is 0.0903 e. The van der Waals surface area contributed by atoms with E-state index in [9.17, 15) is 0 Å². The summed E-state index contributed by atoms with van der Waals surface area (Å²) in [5.74, 6) is 0. The Balaban J connectivity index is 1.88. The van der Waals surface area contributed by atoms with Gasteiger partial charge in [-0.05, 0) is 44.0 Å². The summed E-state index contributed by atoms with van der Waals surface area (Å²) >= 11 is 1.88. The Hall–Kier alpha value is -2.55. The van der Waals surface area contributed by atoms with Crippen molar-refractivity contribution in [2.75, 3.05) is 0 Å². The van der Waals surface area contributed by atoms with Gasteiger partial charge in [0.25, 0.3) is 0 Å². The summed E-state index contributed by atoms with van der Waals surface area (Å²) in [7, 11) is -2.37. The van der Waals surface area contributed by atoms with Gasteiger partial charge in [0, 0.05) is 9.79 Å². The molecule has 4 aromatic carbocycles. The third kappa shape index (κ3) is 1.66. The fourth-order valence-electron chi connectivity index (χ4n) is 4.72. The predicted molar refractivity (Wildman–Crippen MR) is 113 cm³/mol. The van der Waals surface area contributed by atoms with Crippen LogP contribution in [0, 0.1) is 0 Å². The van der Waals surface area contributed by atoms with E-state index >= 15 is 0 Å². The first kappa shape index (κ1) is 13.6. The van der Waals surface area contributed by atoms with Crippen LogP contribution in [-0.4, -0.2) is 8.07 Å². The average molecular weight is 366 g/mol. The molecule has 6 rings (SSSR count). The Kier molecular flexibility index (Phi) is 2.74. The highest BCUT2D eigenvalue weighted by Gasteiger charge is 2.52. The van der Waals surface area contributed by atoms with Crippen molar-refractivity contribution in [2.45, 2.75) is 9.79 Å². The molecule has 0 atom stereocenters. The predicted octanol–water partition coefficient (Wildman–Crippen LogP) is 3.51. The van der Waals surface area contributed by atoms with E-state index in [1.165, 1.54) is 36.1 Å². The first-order valence-electron chi connectivity index (χ1n) is 9.38. The Morgan fingerprint density at radius 2 is 1.04 bits per heavy atom. The van der Waals surface area contributed by atoms with Crippen molar-refractivity contribution in [1.82, 2.24) is 0 Å². The van der Waals surface area contributed by atoms with Crippen LogP contribution in [0.4, 0.5) is 0 Å². The van der Waals surface area contributed by atoms with Crippen LogP contribution in [0.3, 0.4) is 0 Å². The molecule has 2 aliphatic heterocycles. The second-order valence-corrected chi connectivity index (χ2v) is 11.6. The highest BCUT2D eigenvalue weighted by molar-refractivity contribution is 8.00. The molecule has 1 spiro atoms. The van der Waals surface area contributed by atoms with Gasteiger partial charge in [0.15, 0.2) is 8.07 Å². The lowest BCUT2D eigenvalue weighted by molar-refractivity contribution is 1.42. The minimum atomic E-state index is -2.37. The van der Waals surface area contributed by atoms with Crippen LogP contribution < -0.4 is 20.7 Å². The van der Waals surface area contributed by atoms with E-state index in [1.807, 2.05) is 17.8 Å². The quantitative estimate of drug-likeness (QED) is 0.371. The van der Waals surface area contributed by atoms with Gasteiger partial charge in [-0.1, -0.05) is 96.7 Å². The van der Waals surface area contributed by atoms with E-state index in [-0.39, 0.29) is 0 Å². The van der Waals surface area contributed by atoms with Crippen LogP contribution in [0.25, 0.3) is 11.1 Å². The molecular weight excluding hydrogens is 348 g/mol. The van der Waals surface area contributed by atoms with Gasteiger partial charge >= 0.3 is 0 Å². The van der Waals surface area contributed by atoms with E-state index in [1.54, 1.807) is 0 Å². The average Bonchev–Trinajstić information content (AvgIpc) is 3.01. The van der Waals surface area contributed by atoms with Crippen LogP contribution >= 0.6 is 11.8 Å². The summed E-state index contributed by atoms with van der Waals surface area (Å²) in [4.78, 5) is 2.72. The lowest BCUT2D eigenvalue weighted by atomic mass is 10.1. The largest absolute Gasteiger partial charge is 0.183 e. The molecule has 0 N–H and O–H groups in total. The normalized spacial score (nSPS) is 15.6. The van der Waals surface area contributed by atoms with Crippen LogP contribution in [0.1, 0.15) is 1.37 Å². The molecule has 4 aromatic rings. The third-order valence-electron chi connectivity index (χ3n) is 5.66. The van der Waals surface area contributed by atoms with Crippen LogP contribution in [-0.2, 0) is 0 Å². The maximum atomic E-state index is 8.67. The summed E-state index contributed by atoms with van der Waals surface area (Å²) in [5, 5.41) is 5.73. The summed E-state index contributed by atoms with van der Waals surface area (Å²) < 4.78 is 8.67. The highest BCUT2D eigenvalue weighted by Crippen LogP contribution is 2.37. The minimum absolute atomic E-state index is 0.637. The summed E-state index contributed by atoms with van der Waals surface area (Å²) in [6.07, 6.45) is 0. The fourth-order valence-corrected chi connectivity index (χ4v) is 12.1. The molecule has 122 valence electrons. The van der Waals surface area contributed by atoms with E-state index in [0.717, 1.165) is 5.56 Å². The van der Waals surface area contributed by atoms with Crippen molar-refractivity contribution in [3.63, 3.8) is 0 Å². The molecule has 2 aliphatic rings. The highest BCUT2D eigenvalue weighted by atomic mass is 32.2. The number of rotatable bonds is 0. The first-order chi connectivity index (χ1) is 13.3. The van der Waals surface area contributed by atoms with E-state index in [2.05, 4.69) is 84.9 Å². The topological polar surface area (TPSA) is 0 Å². The molecule has 0 aromatic heterocycles. The SMILES string of the molecule is [2H]c1cccc2c1-c1ccccc1[Si]21c2ccccc2Sc2ccccc21. The molecule has 0 aliphatic carbocycles. The third-order valence-corrected chi connectivity index (χ3v) is 12.1. The Labute approximate surface area is 160 Å². The lowest BCUT2D eigenvalue weighted by Crippen LogP contribution is -2.74. The van der Waals surface area contributed by atoms with E-state index in [0.29, 0.717) is 6.04 Å². The van der Waals surface area contributed by atoms with Gasteiger partial charge in [0.2, 0.25) is 0 Å². The number of hydrogen-bond acceptors (Lipinski definition) is 1. The Morgan fingerprint density at radius 3 is 1.73 bits per heavy atom. The molecule has 0 unspecified atom stereocenters. The van der Waals surface area contributed by atoms with Gasteiger partial charge < -0.3 is 0 Å². The lowest BCUT2D eigenvalue weighted by Gasteiger charge is -2.37. The molecule has 0 bridgehead atoms. The van der Waals surface area contributed by atoms with Crippen molar-refractivity contribution in [3.8, 4) is 11.1 Å². The van der Waals surface area contributed by atoms with Gasteiger partial charge in [0.05, 0.1) is 1.37 Å². The molecule has 0 amide bonds. The summed E-state index contributed by atoms with van der Waals surface area (Å²) in [6, 6.07) is 33.5. The summed E-state index contributed by atoms with van der Waals surface area (Å²) in [6.45, 7) is 0. The molecule has 0 saturated heterocycles. The molecule has 0 fully saturated rings. The van der Waals surface area contributed by atoms with Crippen molar-refractivity contribution in [1.29, 1.82) is 0 Å². The van der Waals surface area contributed by atoms with Crippen molar-refractivity contribution in [3.05, 3.63) is 97.0 Å². The zero-order valence-corrected chi connectivity index (χ0v) is 15.9. The number of fused-ring (bicyclic) bond motifs is 9.